The van der Waals surface area contributed by atoms with E-state index < -0.39 is 0 Å². The van der Waals surface area contributed by atoms with Crippen molar-refractivity contribution >= 4 is 0 Å². The fraction of sp³-hybridized carbons (Fsp3) is 0.400. The summed E-state index contributed by atoms with van der Waals surface area (Å²) in [5.74, 6) is 0. The van der Waals surface area contributed by atoms with Crippen LogP contribution in [0.15, 0.2) is 12.2 Å². The van der Waals surface area contributed by atoms with Crippen molar-refractivity contribution in [2.45, 2.75) is 0 Å². The minimum Gasteiger partial charge on any atom is -0.381 e. The molecule has 2 heteroatoms. The Bertz CT molecular complexity index is 90.7. The third-order valence-corrected chi connectivity index (χ3v) is 0.455. The SMILES string of the molecule is COCC=CC#N. The number of rotatable bonds is 2. The van der Waals surface area contributed by atoms with Crippen LogP contribution in [0.2, 0.25) is 0 Å². The molecule has 0 aliphatic carbocycles. The Hall–Kier alpha value is -0.810. The van der Waals surface area contributed by atoms with Crippen LogP contribution in [0.3, 0.4) is 0 Å². The molecule has 0 radical (unpaired) electrons. The summed E-state index contributed by atoms with van der Waals surface area (Å²) in [6.45, 7) is 0.521. The highest BCUT2D eigenvalue weighted by atomic mass is 16.5. The van der Waals surface area contributed by atoms with Crippen LogP contribution in [0.4, 0.5) is 0 Å². The molecule has 7 heavy (non-hydrogen) atoms. The number of allylic oxidation sites excluding steroid dienone is 1. The molecule has 0 aliphatic rings. The van der Waals surface area contributed by atoms with Gasteiger partial charge < -0.3 is 4.74 Å². The fourth-order valence-corrected chi connectivity index (χ4v) is 0.197. The molecule has 0 aromatic carbocycles. The van der Waals surface area contributed by atoms with Gasteiger partial charge in [-0.05, 0) is 6.08 Å². The predicted molar refractivity (Wildman–Crippen MR) is 26.6 cm³/mol. The van der Waals surface area contributed by atoms with Gasteiger partial charge in [-0.25, -0.2) is 0 Å². The van der Waals surface area contributed by atoms with Crippen molar-refractivity contribution < 1.29 is 4.74 Å². The van der Waals surface area contributed by atoms with Crippen LogP contribution in [0.1, 0.15) is 0 Å². The third-order valence-electron chi connectivity index (χ3n) is 0.455. The summed E-state index contributed by atoms with van der Waals surface area (Å²) in [5, 5.41) is 7.90. The lowest BCUT2D eigenvalue weighted by atomic mass is 10.5. The topological polar surface area (TPSA) is 33.0 Å². The van der Waals surface area contributed by atoms with Gasteiger partial charge in [-0.2, -0.15) is 5.26 Å². The molecular weight excluding hydrogens is 90.1 g/mol. The first-order chi connectivity index (χ1) is 3.41. The number of nitriles is 1. The maximum atomic E-state index is 7.90. The summed E-state index contributed by atoms with van der Waals surface area (Å²) in [5.41, 5.74) is 0. The fourth-order valence-electron chi connectivity index (χ4n) is 0.197. The smallest absolute Gasteiger partial charge is 0.0909 e. The van der Waals surface area contributed by atoms with Crippen LogP contribution in [0.25, 0.3) is 0 Å². The van der Waals surface area contributed by atoms with Crippen LogP contribution in [-0.4, -0.2) is 13.7 Å². The van der Waals surface area contributed by atoms with Gasteiger partial charge in [0.25, 0.3) is 0 Å². The molecule has 0 saturated carbocycles. The zero-order valence-corrected chi connectivity index (χ0v) is 4.22. The number of methoxy groups -OCH3 is 1. The minimum absolute atomic E-state index is 0.521. The Kier molecular flexibility index (Phi) is 4.59. The summed E-state index contributed by atoms with van der Waals surface area (Å²) in [7, 11) is 1.59. The van der Waals surface area contributed by atoms with E-state index in [9.17, 15) is 0 Å². The molecule has 0 spiro atoms. The van der Waals surface area contributed by atoms with Crippen LogP contribution in [0.5, 0.6) is 0 Å². The van der Waals surface area contributed by atoms with Gasteiger partial charge in [0.05, 0.1) is 12.7 Å². The molecule has 0 aliphatic heterocycles. The molecule has 0 aromatic rings. The molecular formula is C5H7NO. The van der Waals surface area contributed by atoms with Crippen molar-refractivity contribution in [1.29, 1.82) is 5.26 Å². The van der Waals surface area contributed by atoms with E-state index in [1.807, 2.05) is 6.07 Å². The molecule has 0 N–H and O–H groups in total. The first-order valence-electron chi connectivity index (χ1n) is 1.95. The average Bonchev–Trinajstić information content (AvgIpc) is 1.69. The normalized spacial score (nSPS) is 9.14. The molecule has 0 bridgehead atoms. The Balaban J connectivity index is 2.97. The molecule has 0 heterocycles. The second-order valence-corrected chi connectivity index (χ2v) is 0.987. The predicted octanol–water partition coefficient (Wildman–Crippen LogP) is 0.713. The van der Waals surface area contributed by atoms with E-state index >= 15 is 0 Å². The maximum Gasteiger partial charge on any atom is 0.0909 e. The van der Waals surface area contributed by atoms with E-state index in [0.717, 1.165) is 0 Å². The highest BCUT2D eigenvalue weighted by Gasteiger charge is 1.65. The van der Waals surface area contributed by atoms with Crippen molar-refractivity contribution in [2.24, 2.45) is 0 Å². The molecule has 0 rings (SSSR count). The van der Waals surface area contributed by atoms with Gasteiger partial charge in [0.1, 0.15) is 0 Å². The Morgan fingerprint density at radius 2 is 2.57 bits per heavy atom. The summed E-state index contributed by atoms with van der Waals surface area (Å²) >= 11 is 0. The maximum absolute atomic E-state index is 7.90. The Morgan fingerprint density at radius 1 is 1.86 bits per heavy atom. The van der Waals surface area contributed by atoms with Gasteiger partial charge in [-0.15, -0.1) is 0 Å². The lowest BCUT2D eigenvalue weighted by molar-refractivity contribution is 0.234. The third kappa shape index (κ3) is 5.19. The lowest BCUT2D eigenvalue weighted by Gasteiger charge is -1.81. The van der Waals surface area contributed by atoms with Crippen LogP contribution in [-0.2, 0) is 4.74 Å². The summed E-state index contributed by atoms with van der Waals surface area (Å²) < 4.78 is 4.61. The van der Waals surface area contributed by atoms with Gasteiger partial charge in [-0.3, -0.25) is 0 Å². The molecule has 0 saturated heterocycles. The van der Waals surface area contributed by atoms with Gasteiger partial charge in [0, 0.05) is 13.2 Å². The van der Waals surface area contributed by atoms with E-state index in [4.69, 9.17) is 5.26 Å². The average molecular weight is 97.1 g/mol. The molecule has 0 unspecified atom stereocenters. The van der Waals surface area contributed by atoms with Gasteiger partial charge in [0.2, 0.25) is 0 Å². The van der Waals surface area contributed by atoms with E-state index in [1.165, 1.54) is 6.08 Å². The monoisotopic (exact) mass is 97.1 g/mol. The van der Waals surface area contributed by atoms with E-state index in [-0.39, 0.29) is 0 Å². The molecule has 0 atom stereocenters. The minimum atomic E-state index is 0.521. The zero-order chi connectivity index (χ0) is 5.54. The summed E-state index contributed by atoms with van der Waals surface area (Å²) in [6.07, 6.45) is 3.05. The largest absolute Gasteiger partial charge is 0.381 e. The number of ether oxygens (including phenoxy) is 1. The summed E-state index contributed by atoms with van der Waals surface area (Å²) in [4.78, 5) is 0. The molecule has 2 nitrogen and oxygen atoms in total. The zero-order valence-electron chi connectivity index (χ0n) is 4.22. The second-order valence-electron chi connectivity index (χ2n) is 0.987. The van der Waals surface area contributed by atoms with Crippen LogP contribution in [0, 0.1) is 11.3 Å². The highest BCUT2D eigenvalue weighted by molar-refractivity contribution is 5.01. The van der Waals surface area contributed by atoms with Crippen molar-refractivity contribution in [3.05, 3.63) is 12.2 Å². The molecule has 0 amide bonds. The summed E-state index contributed by atoms with van der Waals surface area (Å²) in [6, 6.07) is 1.84. The van der Waals surface area contributed by atoms with Gasteiger partial charge in [0.15, 0.2) is 0 Å². The van der Waals surface area contributed by atoms with Crippen molar-refractivity contribution in [1.82, 2.24) is 0 Å². The van der Waals surface area contributed by atoms with E-state index in [2.05, 4.69) is 4.74 Å². The molecule has 0 fully saturated rings. The van der Waals surface area contributed by atoms with Crippen LogP contribution >= 0.6 is 0 Å². The molecule has 38 valence electrons. The quantitative estimate of drug-likeness (QED) is 0.475. The number of nitrogens with zero attached hydrogens (tertiary/aromatic N) is 1. The first kappa shape index (κ1) is 6.19. The van der Waals surface area contributed by atoms with Crippen LogP contribution < -0.4 is 0 Å². The number of hydrogen-bond donors (Lipinski definition) is 0. The van der Waals surface area contributed by atoms with Crippen molar-refractivity contribution in [3.8, 4) is 6.07 Å². The lowest BCUT2D eigenvalue weighted by Crippen LogP contribution is -1.78. The highest BCUT2D eigenvalue weighted by Crippen LogP contribution is 1.68. The molecule has 0 aromatic heterocycles. The van der Waals surface area contributed by atoms with Gasteiger partial charge in [-0.1, -0.05) is 0 Å². The first-order valence-corrected chi connectivity index (χ1v) is 1.95. The van der Waals surface area contributed by atoms with E-state index in [0.29, 0.717) is 6.61 Å². The Labute approximate surface area is 43.0 Å². The van der Waals surface area contributed by atoms with Crippen molar-refractivity contribution in [2.75, 3.05) is 13.7 Å². The van der Waals surface area contributed by atoms with E-state index in [1.54, 1.807) is 13.2 Å². The second kappa shape index (κ2) is 5.19. The standard InChI is InChI=1S/C5H7NO/c1-7-5-3-2-4-6/h2-3H,5H2,1H3. The van der Waals surface area contributed by atoms with Crippen molar-refractivity contribution in [3.63, 3.8) is 0 Å². The van der Waals surface area contributed by atoms with Gasteiger partial charge >= 0.3 is 0 Å². The number of hydrogen-bond acceptors (Lipinski definition) is 2. The Morgan fingerprint density at radius 3 is 3.00 bits per heavy atom.